The fourth-order valence-corrected chi connectivity index (χ4v) is 7.19. The second kappa shape index (κ2) is 16.3. The number of rotatable bonds is 7. The fraction of sp³-hybridized carbons (Fsp3) is 0.184. The van der Waals surface area contributed by atoms with Crippen LogP contribution in [0.1, 0.15) is 59.0 Å². The van der Waals surface area contributed by atoms with E-state index >= 15 is 0 Å². The standard InChI is InChI=1S/C29H24NO.C20H18N.Ir/c1-2-8-22(9-3-1)23-10-12-28-25(18-23)26-19-24(11-13-29(26)31-28)27-17-21(14-15-30-27)16-20-6-4-5-7-20;1-20(2,17-11-7-4-8-12-17)18-13-14-21-19(15-18)16-9-5-3-6-10-16;/h1-3,8-10,12-15,17-20H,4-7,16H2;3-9,11-15H,1-2H3;/q2*-1;/i16D2;;. The van der Waals surface area contributed by atoms with Crippen LogP contribution < -0.4 is 0 Å². The van der Waals surface area contributed by atoms with Gasteiger partial charge in [-0.3, -0.25) is 0 Å². The maximum Gasteiger partial charge on any atom is 0.121 e. The Morgan fingerprint density at radius 1 is 0.660 bits per heavy atom. The molecule has 3 aromatic heterocycles. The molecule has 9 rings (SSSR count). The molecule has 0 aliphatic heterocycles. The van der Waals surface area contributed by atoms with Crippen LogP contribution >= 0.6 is 0 Å². The molecule has 0 bridgehead atoms. The van der Waals surface area contributed by atoms with Crippen molar-refractivity contribution in [1.82, 2.24) is 9.97 Å². The first kappa shape index (κ1) is 33.7. The third-order valence-corrected chi connectivity index (χ3v) is 10.2. The maximum atomic E-state index is 8.76. The van der Waals surface area contributed by atoms with E-state index in [9.17, 15) is 0 Å². The normalized spacial score (nSPS) is 13.8. The second-order valence-corrected chi connectivity index (χ2v) is 14.1. The summed E-state index contributed by atoms with van der Waals surface area (Å²) in [6, 6.07) is 53.6. The zero-order valence-corrected chi connectivity index (χ0v) is 32.4. The van der Waals surface area contributed by atoms with Gasteiger partial charge in [0.25, 0.3) is 0 Å². The van der Waals surface area contributed by atoms with Crippen molar-refractivity contribution in [3.63, 3.8) is 0 Å². The van der Waals surface area contributed by atoms with Crippen molar-refractivity contribution < 1.29 is 27.3 Å². The molecule has 1 aliphatic rings. The van der Waals surface area contributed by atoms with Crippen molar-refractivity contribution >= 4 is 21.9 Å². The number of nitrogens with zero attached hydrogens (tertiary/aromatic N) is 2. The van der Waals surface area contributed by atoms with Crippen molar-refractivity contribution in [3.8, 4) is 33.6 Å². The number of hydrogen-bond acceptors (Lipinski definition) is 3. The molecule has 5 aromatic carbocycles. The van der Waals surface area contributed by atoms with Gasteiger partial charge in [-0.2, -0.15) is 0 Å². The summed E-state index contributed by atoms with van der Waals surface area (Å²) in [6.07, 6.45) is 6.40. The fourth-order valence-electron chi connectivity index (χ4n) is 7.19. The van der Waals surface area contributed by atoms with Gasteiger partial charge in [-0.1, -0.05) is 129 Å². The molecule has 8 aromatic rings. The third-order valence-electron chi connectivity index (χ3n) is 10.2. The number of furan rings is 1. The monoisotopic (exact) mass is 869 g/mol. The molecule has 1 aliphatic carbocycles. The predicted octanol–water partition coefficient (Wildman–Crippen LogP) is 12.7. The Morgan fingerprint density at radius 3 is 2.11 bits per heavy atom. The zero-order chi connectivity index (χ0) is 37.1. The Hall–Kier alpha value is -5.15. The van der Waals surface area contributed by atoms with E-state index in [1.807, 2.05) is 72.9 Å². The summed E-state index contributed by atoms with van der Waals surface area (Å²) in [5, 5.41) is 2.07. The van der Waals surface area contributed by atoms with E-state index < -0.39 is 6.37 Å². The van der Waals surface area contributed by atoms with Crippen LogP contribution in [0.2, 0.25) is 0 Å². The third kappa shape index (κ3) is 8.10. The van der Waals surface area contributed by atoms with Crippen molar-refractivity contribution in [2.24, 2.45) is 5.92 Å². The smallest absolute Gasteiger partial charge is 0.121 e. The van der Waals surface area contributed by atoms with Gasteiger partial charge in [-0.25, -0.2) is 0 Å². The zero-order valence-electron chi connectivity index (χ0n) is 32.0. The van der Waals surface area contributed by atoms with Gasteiger partial charge in [0.15, 0.2) is 0 Å². The van der Waals surface area contributed by atoms with Gasteiger partial charge in [-0.05, 0) is 70.2 Å². The van der Waals surface area contributed by atoms with Gasteiger partial charge in [0, 0.05) is 46.0 Å². The summed E-state index contributed by atoms with van der Waals surface area (Å²) in [7, 11) is 0. The van der Waals surface area contributed by atoms with Crippen LogP contribution in [-0.4, -0.2) is 9.97 Å². The number of pyridine rings is 2. The van der Waals surface area contributed by atoms with Crippen LogP contribution in [0.5, 0.6) is 0 Å². The molecule has 3 nitrogen and oxygen atoms in total. The van der Waals surface area contributed by atoms with Crippen molar-refractivity contribution in [2.75, 3.05) is 0 Å². The Kier molecular flexibility index (Phi) is 10.3. The van der Waals surface area contributed by atoms with Crippen LogP contribution in [0.4, 0.5) is 0 Å². The van der Waals surface area contributed by atoms with Gasteiger partial charge in [0.2, 0.25) is 0 Å². The Labute approximate surface area is 329 Å². The van der Waals surface area contributed by atoms with E-state index in [1.165, 1.54) is 16.7 Å². The summed E-state index contributed by atoms with van der Waals surface area (Å²) in [5.74, 6) is 0.0773. The van der Waals surface area contributed by atoms with Crippen LogP contribution in [-0.2, 0) is 31.9 Å². The van der Waals surface area contributed by atoms with Gasteiger partial charge in [0.05, 0.1) is 5.58 Å². The molecule has 265 valence electrons. The van der Waals surface area contributed by atoms with Crippen molar-refractivity contribution in [2.45, 2.75) is 51.3 Å². The summed E-state index contributed by atoms with van der Waals surface area (Å²) in [4.78, 5) is 9.04. The van der Waals surface area contributed by atoms with E-state index in [4.69, 9.17) is 7.16 Å². The van der Waals surface area contributed by atoms with E-state index in [-0.39, 0.29) is 31.4 Å². The van der Waals surface area contributed by atoms with Gasteiger partial charge in [-0.15, -0.1) is 59.7 Å². The number of aromatic nitrogens is 2. The van der Waals surface area contributed by atoms with E-state index in [0.717, 1.165) is 75.7 Å². The van der Waals surface area contributed by atoms with Crippen molar-refractivity contribution in [1.29, 1.82) is 0 Å². The minimum atomic E-state index is -1.34. The second-order valence-electron chi connectivity index (χ2n) is 14.1. The molecule has 53 heavy (non-hydrogen) atoms. The van der Waals surface area contributed by atoms with Crippen molar-refractivity contribution in [3.05, 3.63) is 181 Å². The van der Waals surface area contributed by atoms with Crippen LogP contribution in [0.15, 0.2) is 156 Å². The van der Waals surface area contributed by atoms with Crippen LogP contribution in [0.25, 0.3) is 55.6 Å². The average molecular weight is 869 g/mol. The molecular weight excluding hydrogens is 825 g/mol. The van der Waals surface area contributed by atoms with E-state index in [2.05, 4.69) is 109 Å². The summed E-state index contributed by atoms with van der Waals surface area (Å²) in [6.45, 7) is 4.49. The first-order valence-electron chi connectivity index (χ1n) is 19.2. The minimum Gasteiger partial charge on any atom is -0.500 e. The molecule has 1 fully saturated rings. The topological polar surface area (TPSA) is 38.9 Å². The molecule has 0 N–H and O–H groups in total. The Bertz CT molecular complexity index is 2510. The predicted molar refractivity (Wildman–Crippen MR) is 214 cm³/mol. The molecule has 1 saturated carbocycles. The molecule has 0 unspecified atom stereocenters. The largest absolute Gasteiger partial charge is 0.500 e. The Morgan fingerprint density at radius 2 is 1.36 bits per heavy atom. The molecule has 4 heteroatoms. The molecule has 3 heterocycles. The van der Waals surface area contributed by atoms with Gasteiger partial charge in [0.1, 0.15) is 5.58 Å². The number of hydrogen-bond donors (Lipinski definition) is 0. The summed E-state index contributed by atoms with van der Waals surface area (Å²) < 4.78 is 23.6. The first-order chi connectivity index (χ1) is 26.3. The van der Waals surface area contributed by atoms with Gasteiger partial charge >= 0.3 is 0 Å². The molecule has 1 radical (unpaired) electrons. The maximum absolute atomic E-state index is 8.76. The van der Waals surface area contributed by atoms with E-state index in [0.29, 0.717) is 5.56 Å². The number of fused-ring (bicyclic) bond motifs is 3. The number of benzene rings is 5. The van der Waals surface area contributed by atoms with Crippen LogP contribution in [0.3, 0.4) is 0 Å². The quantitative estimate of drug-likeness (QED) is 0.150. The minimum absolute atomic E-state index is 0. The summed E-state index contributed by atoms with van der Waals surface area (Å²) in [5.41, 5.74) is 10.8. The van der Waals surface area contributed by atoms with Gasteiger partial charge < -0.3 is 14.4 Å². The SMILES string of the molecule is CC(C)(c1ccccc1)c1ccnc(-c2[c-]cccc2)c1.[2H]C([2H])(c1ccnc(-c2[c-]cc3oc4ccc(-c5ccccc5)cc4c3c2)c1)C1CCCC1.[Ir]. The van der Waals surface area contributed by atoms with E-state index in [1.54, 1.807) is 6.20 Å². The van der Waals surface area contributed by atoms with Crippen LogP contribution in [0, 0.1) is 18.1 Å². The first-order valence-corrected chi connectivity index (χ1v) is 18.2. The Balaban J connectivity index is 0.000000183. The molecule has 0 spiro atoms. The molecule has 0 amide bonds. The summed E-state index contributed by atoms with van der Waals surface area (Å²) >= 11 is 0. The average Bonchev–Trinajstić information content (AvgIpc) is 3.91. The molecule has 0 atom stereocenters. The molecule has 0 saturated heterocycles. The molecular formula is C49H42IrN2O-2.